The van der Waals surface area contributed by atoms with Gasteiger partial charge in [0.05, 0.1) is 17.8 Å². The number of nitrogens with zero attached hydrogens (tertiary/aromatic N) is 5. The maximum Gasteiger partial charge on any atom is 0.115 e. The molecule has 4 heterocycles. The van der Waals surface area contributed by atoms with Crippen LogP contribution in [0.5, 0.6) is 0 Å². The van der Waals surface area contributed by atoms with Crippen LogP contribution in [-0.2, 0) is 17.8 Å². The summed E-state index contributed by atoms with van der Waals surface area (Å²) < 4.78 is 6.21. The molecule has 6 nitrogen and oxygen atoms in total. The number of hydrogen-bond donors (Lipinski definition) is 0. The van der Waals surface area contributed by atoms with Gasteiger partial charge >= 0.3 is 0 Å². The molecule has 6 heteroatoms. The topological polar surface area (TPSA) is 54.4 Å². The van der Waals surface area contributed by atoms with Gasteiger partial charge in [0.15, 0.2) is 0 Å². The molecule has 0 saturated carbocycles. The Morgan fingerprint density at radius 3 is 2.96 bits per heavy atom. The molecule has 4 rings (SSSR count). The molecule has 2 saturated heterocycles. The first-order chi connectivity index (χ1) is 12.3. The van der Waals surface area contributed by atoms with Gasteiger partial charge in [-0.15, -0.1) is 0 Å². The molecule has 0 bridgehead atoms. The van der Waals surface area contributed by atoms with E-state index in [2.05, 4.69) is 43.9 Å². The second-order valence-electron chi connectivity index (χ2n) is 7.02. The second kappa shape index (κ2) is 7.56. The molecule has 0 radical (unpaired) electrons. The molecule has 2 aliphatic heterocycles. The Hall–Kier alpha value is -1.89. The van der Waals surface area contributed by atoms with Crippen LogP contribution in [0.2, 0.25) is 0 Å². The highest BCUT2D eigenvalue weighted by Crippen LogP contribution is 2.32. The number of pyridine rings is 1. The number of fused-ring (bicyclic) bond motifs is 1. The van der Waals surface area contributed by atoms with Crippen LogP contribution < -0.4 is 0 Å². The van der Waals surface area contributed by atoms with Gasteiger partial charge in [-0.1, -0.05) is 6.07 Å². The Kier molecular flexibility index (Phi) is 5.01. The third-order valence-electron chi connectivity index (χ3n) is 5.31. The summed E-state index contributed by atoms with van der Waals surface area (Å²) in [6.07, 6.45) is 9.85. The van der Waals surface area contributed by atoms with Crippen LogP contribution in [0, 0.1) is 0 Å². The van der Waals surface area contributed by atoms with E-state index < -0.39 is 0 Å². The fraction of sp³-hybridized carbons (Fsp3) is 0.526. The number of aromatic nitrogens is 3. The second-order valence-corrected chi connectivity index (χ2v) is 7.02. The Morgan fingerprint density at radius 2 is 2.16 bits per heavy atom. The zero-order valence-corrected chi connectivity index (χ0v) is 14.7. The van der Waals surface area contributed by atoms with Crippen molar-refractivity contribution in [2.75, 3.05) is 20.2 Å². The SMILES string of the molecule is CN(Cc1cncnc1)[C@@H]1CN(Cc2ccccn2)[C@H]2CCCO[C@@H]12. The first-order valence-corrected chi connectivity index (χ1v) is 9.01. The molecule has 0 amide bonds. The summed E-state index contributed by atoms with van der Waals surface area (Å²) in [5.74, 6) is 0. The van der Waals surface area contributed by atoms with Crippen LogP contribution >= 0.6 is 0 Å². The van der Waals surface area contributed by atoms with Gasteiger partial charge in [0.1, 0.15) is 6.33 Å². The van der Waals surface area contributed by atoms with Gasteiger partial charge < -0.3 is 4.74 Å². The van der Waals surface area contributed by atoms with Crippen molar-refractivity contribution in [3.63, 3.8) is 0 Å². The Labute approximate surface area is 148 Å². The van der Waals surface area contributed by atoms with E-state index in [4.69, 9.17) is 4.74 Å². The normalized spacial score (nSPS) is 26.7. The van der Waals surface area contributed by atoms with E-state index in [0.29, 0.717) is 12.1 Å². The van der Waals surface area contributed by atoms with E-state index >= 15 is 0 Å². The van der Waals surface area contributed by atoms with Crippen LogP contribution in [0.15, 0.2) is 43.1 Å². The molecular weight excluding hydrogens is 314 g/mol. The predicted octanol–water partition coefficient (Wildman–Crippen LogP) is 1.74. The van der Waals surface area contributed by atoms with Crippen molar-refractivity contribution in [2.45, 2.75) is 44.1 Å². The molecule has 0 N–H and O–H groups in total. The number of rotatable bonds is 5. The molecule has 3 atom stereocenters. The van der Waals surface area contributed by atoms with Crippen molar-refractivity contribution in [2.24, 2.45) is 0 Å². The summed E-state index contributed by atoms with van der Waals surface area (Å²) in [4.78, 5) is 17.7. The van der Waals surface area contributed by atoms with Gasteiger partial charge in [-0.2, -0.15) is 0 Å². The zero-order valence-electron chi connectivity index (χ0n) is 14.7. The van der Waals surface area contributed by atoms with Crippen molar-refractivity contribution in [3.05, 3.63) is 54.4 Å². The summed E-state index contributed by atoms with van der Waals surface area (Å²) in [5, 5.41) is 0. The number of ether oxygens (including phenoxy) is 1. The van der Waals surface area contributed by atoms with Crippen molar-refractivity contribution in [3.8, 4) is 0 Å². The summed E-state index contributed by atoms with van der Waals surface area (Å²) in [7, 11) is 2.18. The third kappa shape index (κ3) is 3.71. The van der Waals surface area contributed by atoms with Crippen molar-refractivity contribution >= 4 is 0 Å². The van der Waals surface area contributed by atoms with E-state index in [0.717, 1.165) is 43.9 Å². The van der Waals surface area contributed by atoms with Crippen LogP contribution in [0.4, 0.5) is 0 Å². The van der Waals surface area contributed by atoms with Crippen molar-refractivity contribution in [1.29, 1.82) is 0 Å². The first-order valence-electron chi connectivity index (χ1n) is 9.01. The fourth-order valence-electron chi connectivity index (χ4n) is 4.11. The average Bonchev–Trinajstić information content (AvgIpc) is 3.02. The maximum absolute atomic E-state index is 6.21. The average molecular weight is 339 g/mol. The van der Waals surface area contributed by atoms with E-state index in [1.165, 1.54) is 6.42 Å². The van der Waals surface area contributed by atoms with E-state index in [-0.39, 0.29) is 6.10 Å². The van der Waals surface area contributed by atoms with Crippen LogP contribution in [0.25, 0.3) is 0 Å². The van der Waals surface area contributed by atoms with Crippen LogP contribution in [0.3, 0.4) is 0 Å². The zero-order chi connectivity index (χ0) is 17.1. The lowest BCUT2D eigenvalue weighted by Gasteiger charge is -2.34. The standard InChI is InChI=1S/C19H25N5O/c1-23(11-15-9-20-14-21-10-15)18-13-24(12-16-5-2-3-7-22-16)17-6-4-8-25-19(17)18/h2-3,5,7,9-10,14,17-19H,4,6,8,11-13H2,1H3/t17-,18+,19+/m0/s1. The quantitative estimate of drug-likeness (QED) is 0.827. The van der Waals surface area contributed by atoms with Gasteiger partial charge in [-0.05, 0) is 32.0 Å². The lowest BCUT2D eigenvalue weighted by atomic mass is 10.00. The third-order valence-corrected chi connectivity index (χ3v) is 5.31. The highest BCUT2D eigenvalue weighted by Gasteiger charge is 2.45. The van der Waals surface area contributed by atoms with E-state index in [1.54, 1.807) is 6.33 Å². The minimum absolute atomic E-state index is 0.270. The summed E-state index contributed by atoms with van der Waals surface area (Å²) >= 11 is 0. The van der Waals surface area contributed by atoms with Crippen molar-refractivity contribution < 1.29 is 4.74 Å². The Balaban J connectivity index is 1.48. The van der Waals surface area contributed by atoms with Crippen LogP contribution in [-0.4, -0.2) is 63.1 Å². The molecule has 132 valence electrons. The van der Waals surface area contributed by atoms with E-state index in [9.17, 15) is 0 Å². The minimum Gasteiger partial charge on any atom is -0.375 e. The molecule has 0 aliphatic carbocycles. The molecular formula is C19H25N5O. The summed E-state index contributed by atoms with van der Waals surface area (Å²) in [6, 6.07) is 7.01. The molecule has 2 aromatic rings. The van der Waals surface area contributed by atoms with Gasteiger partial charge in [-0.3, -0.25) is 14.8 Å². The molecule has 0 unspecified atom stereocenters. The van der Waals surface area contributed by atoms with Gasteiger partial charge in [0.2, 0.25) is 0 Å². The number of likely N-dealkylation sites (N-methyl/N-ethyl adjacent to an activating group) is 1. The molecule has 0 spiro atoms. The predicted molar refractivity (Wildman–Crippen MR) is 94.7 cm³/mol. The monoisotopic (exact) mass is 339 g/mol. The number of hydrogen-bond acceptors (Lipinski definition) is 6. The van der Waals surface area contributed by atoms with Gasteiger partial charge in [0, 0.05) is 56.4 Å². The Morgan fingerprint density at radius 1 is 1.28 bits per heavy atom. The lowest BCUT2D eigenvalue weighted by molar-refractivity contribution is -0.0386. The largest absolute Gasteiger partial charge is 0.375 e. The molecule has 25 heavy (non-hydrogen) atoms. The highest BCUT2D eigenvalue weighted by atomic mass is 16.5. The van der Waals surface area contributed by atoms with Crippen molar-refractivity contribution in [1.82, 2.24) is 24.8 Å². The molecule has 2 aliphatic rings. The fourth-order valence-corrected chi connectivity index (χ4v) is 4.11. The van der Waals surface area contributed by atoms with Crippen LogP contribution in [0.1, 0.15) is 24.1 Å². The summed E-state index contributed by atoms with van der Waals surface area (Å²) in [6.45, 7) is 3.62. The first kappa shape index (κ1) is 16.6. The van der Waals surface area contributed by atoms with Gasteiger partial charge in [-0.25, -0.2) is 9.97 Å². The van der Waals surface area contributed by atoms with Gasteiger partial charge in [0.25, 0.3) is 0 Å². The molecule has 0 aromatic carbocycles. The highest BCUT2D eigenvalue weighted by molar-refractivity contribution is 5.09. The minimum atomic E-state index is 0.270. The van der Waals surface area contributed by atoms with E-state index in [1.807, 2.05) is 24.7 Å². The Bertz CT molecular complexity index is 668. The molecule has 2 fully saturated rings. The smallest absolute Gasteiger partial charge is 0.115 e. The molecule has 2 aromatic heterocycles. The lowest BCUT2D eigenvalue weighted by Crippen LogP contribution is -2.46. The summed E-state index contributed by atoms with van der Waals surface area (Å²) in [5.41, 5.74) is 2.27. The number of likely N-dealkylation sites (tertiary alicyclic amines) is 1. The maximum atomic E-state index is 6.21.